The molecule has 0 heterocycles. The molecule has 1 amide bonds. The van der Waals surface area contributed by atoms with E-state index in [1.807, 2.05) is 19.0 Å². The Morgan fingerprint density at radius 2 is 0.971 bits per heavy atom. The molecule has 68 heavy (non-hydrogen) atoms. The molecule has 0 bridgehead atoms. The van der Waals surface area contributed by atoms with Crippen molar-refractivity contribution in [3.8, 4) is 0 Å². The Balaban J connectivity index is 5.38. The Hall–Kier alpha value is -3.30. The molecule has 0 spiro atoms. The van der Waals surface area contributed by atoms with Crippen molar-refractivity contribution in [3.05, 3.63) is 0 Å². The van der Waals surface area contributed by atoms with Gasteiger partial charge in [-0.05, 0) is 84.8 Å². The minimum Gasteiger partial charge on any atom is -0.468 e. The van der Waals surface area contributed by atoms with Gasteiger partial charge >= 0.3 is 23.9 Å². The van der Waals surface area contributed by atoms with E-state index < -0.39 is 30.2 Å². The third-order valence-corrected chi connectivity index (χ3v) is 11.7. The fourth-order valence-corrected chi connectivity index (χ4v) is 7.58. The van der Waals surface area contributed by atoms with Crippen LogP contribution in [0.5, 0.6) is 0 Å². The Labute approximate surface area is 412 Å². The molecule has 398 valence electrons. The molecule has 2 atom stereocenters. The second-order valence-electron chi connectivity index (χ2n) is 18.4. The average molecular weight is 971 g/mol. The molecule has 0 aliphatic carbocycles. The lowest BCUT2D eigenvalue weighted by Gasteiger charge is -2.32. The van der Waals surface area contributed by atoms with Crippen LogP contribution in [-0.4, -0.2) is 131 Å². The van der Waals surface area contributed by atoms with Gasteiger partial charge in [0.2, 0.25) is 5.91 Å². The first-order chi connectivity index (χ1) is 33.0. The van der Waals surface area contributed by atoms with Gasteiger partial charge in [-0.1, -0.05) is 118 Å². The number of nitrogens with zero attached hydrogens (tertiary/aromatic N) is 2. The van der Waals surface area contributed by atoms with Crippen LogP contribution in [0.4, 0.5) is 0 Å². The molecular weight excluding hydrogens is 873 g/mol. The first-order valence-electron chi connectivity index (χ1n) is 26.9. The lowest BCUT2D eigenvalue weighted by molar-refractivity contribution is -0.159. The van der Waals surface area contributed by atoms with Crippen LogP contribution >= 0.6 is 0 Å². The van der Waals surface area contributed by atoms with Crippen LogP contribution in [-0.2, 0) is 61.9 Å². The molecule has 0 aromatic rings. The summed E-state index contributed by atoms with van der Waals surface area (Å²) in [6.45, 7) is 11.1. The van der Waals surface area contributed by atoms with E-state index in [1.165, 1.54) is 51.4 Å². The van der Waals surface area contributed by atoms with Crippen molar-refractivity contribution in [2.45, 2.75) is 239 Å². The van der Waals surface area contributed by atoms with Gasteiger partial charge in [0.1, 0.15) is 19.3 Å². The van der Waals surface area contributed by atoms with Crippen LogP contribution in [0.15, 0.2) is 0 Å². The minimum absolute atomic E-state index is 0.0609. The van der Waals surface area contributed by atoms with Crippen LogP contribution < -0.4 is 0 Å². The van der Waals surface area contributed by atoms with Crippen molar-refractivity contribution >= 4 is 36.3 Å². The van der Waals surface area contributed by atoms with Crippen LogP contribution in [0.2, 0.25) is 0 Å². The SMILES string of the molecule is CCCCCCCCOC(CCC(=O)OCCCCC(=O)OCC(COC(=O)CCCCOC=O)N(CCCN(C)C)C(=O)CCC(=O)OC(CCC)CCCCCC)OCCCCCCCC. The molecule has 0 saturated heterocycles. The topological polar surface area (TPSA) is 174 Å². The van der Waals surface area contributed by atoms with Crippen LogP contribution in [0, 0.1) is 0 Å². The summed E-state index contributed by atoms with van der Waals surface area (Å²) in [4.78, 5) is 79.4. The highest BCUT2D eigenvalue weighted by Gasteiger charge is 2.28. The summed E-state index contributed by atoms with van der Waals surface area (Å²) < 4.78 is 39.4. The summed E-state index contributed by atoms with van der Waals surface area (Å²) in [7, 11) is 3.85. The van der Waals surface area contributed by atoms with Crippen molar-refractivity contribution in [1.82, 2.24) is 9.80 Å². The predicted octanol–water partition coefficient (Wildman–Crippen LogP) is 10.6. The van der Waals surface area contributed by atoms with E-state index in [1.54, 1.807) is 4.90 Å². The fraction of sp³-hybridized carbons (Fsp3) is 0.887. The standard InChI is InChI=1S/C53H98N2O13/c1-7-11-14-17-19-24-41-64-53(65-42-25-20-18-15-12-8-2)36-35-51(60)63-40-27-23-32-50(59)67-44-46(43-66-49(58)31-22-26-39-62-45-56)55(38-28-37-54(5)6)48(57)33-34-52(61)68-47(29-10-4)30-21-16-13-9-3/h45-47,53H,7-44H2,1-6H3. The minimum atomic E-state index is -0.798. The van der Waals surface area contributed by atoms with E-state index >= 15 is 0 Å². The van der Waals surface area contributed by atoms with Crippen LogP contribution in [0.3, 0.4) is 0 Å². The smallest absolute Gasteiger partial charge is 0.306 e. The summed E-state index contributed by atoms with van der Waals surface area (Å²) in [6.07, 6.45) is 23.0. The zero-order valence-corrected chi connectivity index (χ0v) is 43.9. The monoisotopic (exact) mass is 971 g/mol. The third kappa shape index (κ3) is 40.6. The van der Waals surface area contributed by atoms with E-state index in [-0.39, 0.29) is 83.1 Å². The fourth-order valence-electron chi connectivity index (χ4n) is 7.58. The second kappa shape index (κ2) is 47.4. The van der Waals surface area contributed by atoms with E-state index in [2.05, 4.69) is 27.7 Å². The number of rotatable bonds is 50. The average Bonchev–Trinajstić information content (AvgIpc) is 3.31. The normalized spacial score (nSPS) is 12.2. The van der Waals surface area contributed by atoms with Gasteiger partial charge in [0.25, 0.3) is 6.47 Å². The number of ether oxygens (including phenoxy) is 7. The van der Waals surface area contributed by atoms with Crippen molar-refractivity contribution in [2.75, 3.05) is 66.8 Å². The summed E-state index contributed by atoms with van der Waals surface area (Å²) >= 11 is 0. The maximum Gasteiger partial charge on any atom is 0.306 e. The molecule has 0 aliphatic rings. The molecule has 2 unspecified atom stereocenters. The van der Waals surface area contributed by atoms with Gasteiger partial charge in [-0.25, -0.2) is 0 Å². The third-order valence-electron chi connectivity index (χ3n) is 11.7. The highest BCUT2D eigenvalue weighted by molar-refractivity contribution is 5.82. The van der Waals surface area contributed by atoms with Crippen LogP contribution in [0.25, 0.3) is 0 Å². The molecule has 0 aliphatic heterocycles. The van der Waals surface area contributed by atoms with Gasteiger partial charge in [-0.2, -0.15) is 0 Å². The summed E-state index contributed by atoms with van der Waals surface area (Å²) in [6, 6.07) is -0.798. The molecule has 15 heteroatoms. The number of unbranched alkanes of at least 4 members (excludes halogenated alkanes) is 15. The summed E-state index contributed by atoms with van der Waals surface area (Å²) in [5.41, 5.74) is 0. The van der Waals surface area contributed by atoms with E-state index in [0.717, 1.165) is 70.6 Å². The first-order valence-corrected chi connectivity index (χ1v) is 26.9. The molecule has 15 nitrogen and oxygen atoms in total. The number of hydrogen-bond acceptors (Lipinski definition) is 14. The van der Waals surface area contributed by atoms with E-state index in [4.69, 9.17) is 33.2 Å². The summed E-state index contributed by atoms with van der Waals surface area (Å²) in [5, 5.41) is 0. The van der Waals surface area contributed by atoms with Crippen molar-refractivity contribution in [1.29, 1.82) is 0 Å². The summed E-state index contributed by atoms with van der Waals surface area (Å²) in [5.74, 6) is -2.10. The molecule has 0 N–H and O–H groups in total. The molecule has 0 rings (SSSR count). The Morgan fingerprint density at radius 1 is 0.456 bits per heavy atom. The number of carbonyl (C=O) groups excluding carboxylic acids is 6. The Bertz CT molecular complexity index is 1230. The van der Waals surface area contributed by atoms with Gasteiger partial charge in [0, 0.05) is 45.4 Å². The van der Waals surface area contributed by atoms with Crippen molar-refractivity contribution < 1.29 is 61.9 Å². The van der Waals surface area contributed by atoms with Gasteiger partial charge < -0.3 is 43.0 Å². The number of amides is 1. The van der Waals surface area contributed by atoms with Gasteiger partial charge in [0.05, 0.1) is 32.1 Å². The maximum atomic E-state index is 13.9. The van der Waals surface area contributed by atoms with Gasteiger partial charge in [-0.15, -0.1) is 0 Å². The molecule has 0 aromatic carbocycles. The van der Waals surface area contributed by atoms with Gasteiger partial charge in [0.15, 0.2) is 6.29 Å². The number of esters is 4. The number of hydrogen-bond donors (Lipinski definition) is 0. The molecular formula is C53H98N2O13. The molecule has 0 fully saturated rings. The lowest BCUT2D eigenvalue weighted by atomic mass is 10.1. The van der Waals surface area contributed by atoms with Crippen molar-refractivity contribution in [3.63, 3.8) is 0 Å². The van der Waals surface area contributed by atoms with E-state index in [0.29, 0.717) is 64.8 Å². The predicted molar refractivity (Wildman–Crippen MR) is 266 cm³/mol. The first kappa shape index (κ1) is 64.7. The zero-order chi connectivity index (χ0) is 50.3. The zero-order valence-electron chi connectivity index (χ0n) is 43.9. The largest absolute Gasteiger partial charge is 0.468 e. The van der Waals surface area contributed by atoms with Crippen molar-refractivity contribution in [2.24, 2.45) is 0 Å². The molecule has 0 saturated carbocycles. The second-order valence-corrected chi connectivity index (χ2v) is 18.4. The Morgan fingerprint density at radius 3 is 1.51 bits per heavy atom. The van der Waals surface area contributed by atoms with Crippen LogP contribution in [0.1, 0.15) is 220 Å². The van der Waals surface area contributed by atoms with Gasteiger partial charge in [-0.3, -0.25) is 28.8 Å². The highest BCUT2D eigenvalue weighted by atomic mass is 16.7. The quantitative estimate of drug-likeness (QED) is 0.0185. The molecule has 0 radical (unpaired) electrons. The van der Waals surface area contributed by atoms with E-state index in [9.17, 15) is 28.8 Å². The number of carbonyl (C=O) groups is 6. The lowest BCUT2D eigenvalue weighted by Crippen LogP contribution is -2.47. The maximum absolute atomic E-state index is 13.9. The Kier molecular flexibility index (Phi) is 45.1. The molecule has 0 aromatic heterocycles. The highest BCUT2D eigenvalue weighted by Crippen LogP contribution is 2.17.